The quantitative estimate of drug-likeness (QED) is 0.761. The Morgan fingerprint density at radius 3 is 2.39 bits per heavy atom. The van der Waals surface area contributed by atoms with Gasteiger partial charge in [-0.25, -0.2) is 0 Å². The van der Waals surface area contributed by atoms with Gasteiger partial charge in [0.05, 0.1) is 6.04 Å². The van der Waals surface area contributed by atoms with Gasteiger partial charge in [-0.15, -0.1) is 0 Å². The van der Waals surface area contributed by atoms with Crippen LogP contribution >= 0.6 is 0 Å². The van der Waals surface area contributed by atoms with Gasteiger partial charge in [0.15, 0.2) is 11.5 Å². The van der Waals surface area contributed by atoms with Crippen LogP contribution in [0.25, 0.3) is 0 Å². The molecule has 5 heteroatoms. The van der Waals surface area contributed by atoms with Crippen molar-refractivity contribution in [2.45, 2.75) is 32.2 Å². The van der Waals surface area contributed by atoms with Crippen LogP contribution in [0.2, 0.25) is 0 Å². The molecule has 0 fully saturated rings. The van der Waals surface area contributed by atoms with E-state index in [0.29, 0.717) is 32.6 Å². The topological polar surface area (TPSA) is 50.8 Å². The minimum atomic E-state index is 0.0620. The van der Waals surface area contributed by atoms with Gasteiger partial charge in [-0.05, 0) is 55.8 Å². The smallest absolute Gasteiger partial charge is 0.220 e. The molecule has 0 unspecified atom stereocenters. The molecule has 2 aromatic rings. The number of likely N-dealkylation sites (N-methyl/N-ethyl adjacent to an activating group) is 1. The highest BCUT2D eigenvalue weighted by Crippen LogP contribution is 2.31. The molecular formula is C23H30N2O3. The van der Waals surface area contributed by atoms with E-state index in [1.54, 1.807) is 0 Å². The molecule has 1 aliphatic rings. The van der Waals surface area contributed by atoms with Crippen molar-refractivity contribution < 1.29 is 14.3 Å². The van der Waals surface area contributed by atoms with E-state index in [1.165, 1.54) is 11.1 Å². The van der Waals surface area contributed by atoms with Crippen LogP contribution in [0.15, 0.2) is 42.5 Å². The first-order valence-electron chi connectivity index (χ1n) is 9.97. The van der Waals surface area contributed by atoms with Gasteiger partial charge in [-0.3, -0.25) is 4.79 Å². The van der Waals surface area contributed by atoms with Crippen LogP contribution in [0.4, 0.5) is 0 Å². The van der Waals surface area contributed by atoms with E-state index in [9.17, 15) is 4.79 Å². The minimum Gasteiger partial charge on any atom is -0.486 e. The van der Waals surface area contributed by atoms with Crippen molar-refractivity contribution in [3.63, 3.8) is 0 Å². The summed E-state index contributed by atoms with van der Waals surface area (Å²) in [6, 6.07) is 14.7. The van der Waals surface area contributed by atoms with E-state index >= 15 is 0 Å². The van der Waals surface area contributed by atoms with Gasteiger partial charge < -0.3 is 19.7 Å². The molecule has 0 saturated carbocycles. The maximum atomic E-state index is 12.4. The van der Waals surface area contributed by atoms with Crippen molar-refractivity contribution >= 4 is 5.91 Å². The van der Waals surface area contributed by atoms with Crippen molar-refractivity contribution in [3.8, 4) is 11.5 Å². The number of nitrogens with one attached hydrogen (secondary N) is 1. The molecule has 1 atom stereocenters. The molecule has 1 N–H and O–H groups in total. The molecule has 0 radical (unpaired) electrons. The molecular weight excluding hydrogens is 352 g/mol. The first-order valence-corrected chi connectivity index (χ1v) is 9.97. The zero-order chi connectivity index (χ0) is 19.9. The van der Waals surface area contributed by atoms with Gasteiger partial charge in [0.1, 0.15) is 13.2 Å². The maximum Gasteiger partial charge on any atom is 0.220 e. The van der Waals surface area contributed by atoms with Crippen LogP contribution in [-0.4, -0.2) is 44.7 Å². The summed E-state index contributed by atoms with van der Waals surface area (Å²) in [5.41, 5.74) is 3.62. The number of rotatable bonds is 8. The second-order valence-corrected chi connectivity index (χ2v) is 7.36. The number of carbonyl (C=O) groups is 1. The Hall–Kier alpha value is -2.53. The van der Waals surface area contributed by atoms with Gasteiger partial charge >= 0.3 is 0 Å². The summed E-state index contributed by atoms with van der Waals surface area (Å²) < 4.78 is 11.1. The molecule has 0 aromatic heterocycles. The monoisotopic (exact) mass is 382 g/mol. The summed E-state index contributed by atoms with van der Waals surface area (Å²) in [4.78, 5) is 14.5. The first-order chi connectivity index (χ1) is 13.6. The SMILES string of the molecule is CCc1ccc([C@@H](CNC(=O)CCc2ccc3c(c2)OCCO3)N(C)C)cc1. The van der Waals surface area contributed by atoms with Crippen molar-refractivity contribution in [1.82, 2.24) is 10.2 Å². The molecule has 0 saturated heterocycles. The number of fused-ring (bicyclic) bond motifs is 1. The Morgan fingerprint density at radius 2 is 1.71 bits per heavy atom. The van der Waals surface area contributed by atoms with Crippen LogP contribution in [0, 0.1) is 0 Å². The third kappa shape index (κ3) is 5.26. The van der Waals surface area contributed by atoms with Crippen LogP contribution in [0.1, 0.15) is 36.1 Å². The fourth-order valence-electron chi connectivity index (χ4n) is 3.37. The second-order valence-electron chi connectivity index (χ2n) is 7.36. The highest BCUT2D eigenvalue weighted by molar-refractivity contribution is 5.76. The summed E-state index contributed by atoms with van der Waals surface area (Å²) in [5.74, 6) is 1.61. The number of hydrogen-bond acceptors (Lipinski definition) is 4. The molecule has 2 aromatic carbocycles. The Kier molecular flexibility index (Phi) is 6.93. The van der Waals surface area contributed by atoms with E-state index in [1.807, 2.05) is 32.3 Å². The number of aryl methyl sites for hydroxylation is 2. The second kappa shape index (κ2) is 9.60. The molecule has 1 heterocycles. The minimum absolute atomic E-state index is 0.0620. The zero-order valence-electron chi connectivity index (χ0n) is 17.0. The van der Waals surface area contributed by atoms with E-state index in [4.69, 9.17) is 9.47 Å². The fourth-order valence-corrected chi connectivity index (χ4v) is 3.37. The average Bonchev–Trinajstić information content (AvgIpc) is 2.72. The van der Waals surface area contributed by atoms with Gasteiger partial charge in [-0.1, -0.05) is 37.3 Å². The van der Waals surface area contributed by atoms with Gasteiger partial charge in [0, 0.05) is 13.0 Å². The number of carbonyl (C=O) groups excluding carboxylic acids is 1. The lowest BCUT2D eigenvalue weighted by Crippen LogP contribution is -2.34. The van der Waals surface area contributed by atoms with Gasteiger partial charge in [0.2, 0.25) is 5.91 Å². The normalized spacial score (nSPS) is 14.0. The van der Waals surface area contributed by atoms with Crippen molar-refractivity contribution in [2.24, 2.45) is 0 Å². The van der Waals surface area contributed by atoms with E-state index in [2.05, 4.69) is 41.4 Å². The van der Waals surface area contributed by atoms with Crippen molar-refractivity contribution in [2.75, 3.05) is 33.9 Å². The lowest BCUT2D eigenvalue weighted by atomic mass is 10.0. The van der Waals surface area contributed by atoms with E-state index < -0.39 is 0 Å². The van der Waals surface area contributed by atoms with Crippen molar-refractivity contribution in [1.29, 1.82) is 0 Å². The number of benzene rings is 2. The summed E-state index contributed by atoms with van der Waals surface area (Å²) in [7, 11) is 4.08. The van der Waals surface area contributed by atoms with Gasteiger partial charge in [-0.2, -0.15) is 0 Å². The number of nitrogens with zero attached hydrogens (tertiary/aromatic N) is 1. The highest BCUT2D eigenvalue weighted by Gasteiger charge is 2.16. The molecule has 28 heavy (non-hydrogen) atoms. The third-order valence-corrected chi connectivity index (χ3v) is 5.14. The third-order valence-electron chi connectivity index (χ3n) is 5.14. The molecule has 150 valence electrons. The standard InChI is InChI=1S/C23H30N2O3/c1-4-17-5-9-19(10-6-17)20(25(2)3)16-24-23(26)12-8-18-7-11-21-22(15-18)28-14-13-27-21/h5-7,9-11,15,20H,4,8,12-14,16H2,1-3H3,(H,24,26)/t20-/m1/s1. The molecule has 0 spiro atoms. The lowest BCUT2D eigenvalue weighted by Gasteiger charge is -2.25. The number of amides is 1. The largest absolute Gasteiger partial charge is 0.486 e. The molecule has 0 bridgehead atoms. The average molecular weight is 383 g/mol. The highest BCUT2D eigenvalue weighted by atomic mass is 16.6. The number of hydrogen-bond donors (Lipinski definition) is 1. The van der Waals surface area contributed by atoms with E-state index in [-0.39, 0.29) is 11.9 Å². The molecule has 1 amide bonds. The Bertz CT molecular complexity index is 787. The molecule has 3 rings (SSSR count). The summed E-state index contributed by atoms with van der Waals surface area (Å²) >= 11 is 0. The van der Waals surface area contributed by atoms with Crippen LogP contribution in [0.5, 0.6) is 11.5 Å². The molecule has 0 aliphatic carbocycles. The zero-order valence-corrected chi connectivity index (χ0v) is 17.0. The Balaban J connectivity index is 1.52. The van der Waals surface area contributed by atoms with Crippen LogP contribution in [-0.2, 0) is 17.6 Å². The summed E-state index contributed by atoms with van der Waals surface area (Å²) in [6.45, 7) is 3.91. The van der Waals surface area contributed by atoms with Gasteiger partial charge in [0.25, 0.3) is 0 Å². The maximum absolute atomic E-state index is 12.4. The predicted molar refractivity (Wildman–Crippen MR) is 111 cm³/mol. The first kappa shape index (κ1) is 20.2. The van der Waals surface area contributed by atoms with Crippen LogP contribution < -0.4 is 14.8 Å². The summed E-state index contributed by atoms with van der Waals surface area (Å²) in [5, 5.41) is 3.09. The summed E-state index contributed by atoms with van der Waals surface area (Å²) in [6.07, 6.45) is 2.17. The number of ether oxygens (including phenoxy) is 2. The predicted octanol–water partition coefficient (Wildman–Crippen LogP) is 3.37. The Morgan fingerprint density at radius 1 is 1.04 bits per heavy atom. The molecule has 1 aliphatic heterocycles. The fraction of sp³-hybridized carbons (Fsp3) is 0.435. The molecule has 5 nitrogen and oxygen atoms in total. The Labute approximate surface area is 167 Å². The van der Waals surface area contributed by atoms with Crippen LogP contribution in [0.3, 0.4) is 0 Å². The van der Waals surface area contributed by atoms with Crippen molar-refractivity contribution in [3.05, 3.63) is 59.2 Å². The van der Waals surface area contributed by atoms with E-state index in [0.717, 1.165) is 23.5 Å². The lowest BCUT2D eigenvalue weighted by molar-refractivity contribution is -0.121.